The molecular formula is C19H25N5O4S3. The lowest BCUT2D eigenvalue weighted by atomic mass is 10.3. The molecule has 0 amide bonds. The number of imidazole rings is 1. The van der Waals surface area contributed by atoms with Gasteiger partial charge < -0.3 is 14.0 Å². The number of ether oxygens (including phenoxy) is 2. The van der Waals surface area contributed by atoms with E-state index in [4.69, 9.17) is 14.5 Å². The van der Waals surface area contributed by atoms with Gasteiger partial charge in [0.25, 0.3) is 5.19 Å². The molecule has 12 heteroatoms. The maximum Gasteiger partial charge on any atom is 0.295 e. The van der Waals surface area contributed by atoms with Crippen molar-refractivity contribution in [1.29, 1.82) is 0 Å². The molecule has 1 aliphatic rings. The molecule has 1 aromatic carbocycles. The Morgan fingerprint density at radius 2 is 2.03 bits per heavy atom. The quantitative estimate of drug-likeness (QED) is 0.451. The van der Waals surface area contributed by atoms with Crippen LogP contribution in [0, 0.1) is 0 Å². The topological polar surface area (TPSA) is 99.4 Å². The normalized spacial score (nSPS) is 15.7. The first-order chi connectivity index (χ1) is 14.9. The van der Waals surface area contributed by atoms with E-state index in [-0.39, 0.29) is 11.0 Å². The predicted octanol–water partition coefficient (Wildman–Crippen LogP) is 3.01. The molecular weight excluding hydrogens is 458 g/mol. The minimum atomic E-state index is -3.56. The molecule has 0 atom stereocenters. The third-order valence-corrected chi connectivity index (χ3v) is 8.61. The number of hydrogen-bond acceptors (Lipinski definition) is 9. The molecule has 1 saturated heterocycles. The predicted molar refractivity (Wildman–Crippen MR) is 120 cm³/mol. The van der Waals surface area contributed by atoms with E-state index in [0.29, 0.717) is 42.8 Å². The van der Waals surface area contributed by atoms with Crippen molar-refractivity contribution in [1.82, 2.24) is 24.1 Å². The summed E-state index contributed by atoms with van der Waals surface area (Å²) < 4.78 is 41.2. The van der Waals surface area contributed by atoms with E-state index in [1.54, 1.807) is 12.1 Å². The Bertz CT molecular complexity index is 1150. The minimum Gasteiger partial charge on any atom is -0.466 e. The number of nitrogens with zero attached hydrogens (tertiary/aromatic N) is 5. The highest BCUT2D eigenvalue weighted by Gasteiger charge is 2.27. The van der Waals surface area contributed by atoms with Crippen molar-refractivity contribution in [3.63, 3.8) is 0 Å². The van der Waals surface area contributed by atoms with E-state index in [2.05, 4.69) is 14.8 Å². The Hall–Kier alpha value is -1.73. The molecule has 0 N–H and O–H groups in total. The lowest BCUT2D eigenvalue weighted by Gasteiger charge is -2.26. The zero-order valence-electron chi connectivity index (χ0n) is 17.6. The number of aryl methyl sites for hydroxylation is 1. The molecule has 0 saturated carbocycles. The summed E-state index contributed by atoms with van der Waals surface area (Å²) in [5.41, 5.74) is 1.59. The number of fused-ring (bicyclic) bond motifs is 1. The maximum absolute atomic E-state index is 13.0. The van der Waals surface area contributed by atoms with Crippen LogP contribution in [0.1, 0.15) is 26.6 Å². The minimum absolute atomic E-state index is 0.0537. The first-order valence-electron chi connectivity index (χ1n) is 10.1. The van der Waals surface area contributed by atoms with Gasteiger partial charge in [0, 0.05) is 19.6 Å². The van der Waals surface area contributed by atoms with E-state index in [1.807, 2.05) is 26.8 Å². The van der Waals surface area contributed by atoms with E-state index >= 15 is 0 Å². The van der Waals surface area contributed by atoms with Gasteiger partial charge in [-0.05, 0) is 50.3 Å². The molecule has 31 heavy (non-hydrogen) atoms. The average Bonchev–Trinajstić information content (AvgIpc) is 3.35. The van der Waals surface area contributed by atoms with Crippen LogP contribution in [0.2, 0.25) is 0 Å². The third-order valence-electron chi connectivity index (χ3n) is 4.77. The highest BCUT2D eigenvalue weighted by atomic mass is 32.2. The van der Waals surface area contributed by atoms with Crippen molar-refractivity contribution >= 4 is 44.2 Å². The molecule has 1 fully saturated rings. The number of rotatable bonds is 8. The van der Waals surface area contributed by atoms with Crippen molar-refractivity contribution in [2.24, 2.45) is 0 Å². The molecule has 0 radical (unpaired) electrons. The van der Waals surface area contributed by atoms with Crippen LogP contribution in [-0.2, 0) is 27.1 Å². The standard InChI is InChI=1S/C19H25N5O4S3/c1-4-24-16-6-5-14(31(25,26)23-7-9-27-10-8-23)11-15(16)20-17(24)12-29-19-22-21-18(30-19)28-13(2)3/h5-6,11,13H,4,7-10,12H2,1-3H3. The van der Waals surface area contributed by atoms with E-state index in [9.17, 15) is 8.42 Å². The fourth-order valence-corrected chi connectivity index (χ4v) is 6.53. The summed E-state index contributed by atoms with van der Waals surface area (Å²) in [5.74, 6) is 1.47. The molecule has 0 aliphatic carbocycles. The van der Waals surface area contributed by atoms with E-state index in [1.165, 1.54) is 27.4 Å². The van der Waals surface area contributed by atoms with Gasteiger partial charge >= 0.3 is 0 Å². The Balaban J connectivity index is 1.56. The molecule has 3 heterocycles. The van der Waals surface area contributed by atoms with Gasteiger partial charge in [-0.3, -0.25) is 0 Å². The van der Waals surface area contributed by atoms with E-state index < -0.39 is 10.0 Å². The number of benzene rings is 1. The summed E-state index contributed by atoms with van der Waals surface area (Å²) in [7, 11) is -3.56. The Labute approximate surface area is 189 Å². The average molecular weight is 484 g/mol. The van der Waals surface area contributed by atoms with Crippen LogP contribution < -0.4 is 4.74 Å². The van der Waals surface area contributed by atoms with Crippen molar-refractivity contribution in [2.75, 3.05) is 26.3 Å². The smallest absolute Gasteiger partial charge is 0.295 e. The molecule has 0 spiro atoms. The third kappa shape index (κ3) is 4.87. The monoisotopic (exact) mass is 483 g/mol. The zero-order valence-corrected chi connectivity index (χ0v) is 20.1. The van der Waals surface area contributed by atoms with Crippen LogP contribution in [0.15, 0.2) is 27.4 Å². The number of morpholine rings is 1. The highest BCUT2D eigenvalue weighted by molar-refractivity contribution is 8.00. The van der Waals surface area contributed by atoms with Gasteiger partial charge in [0.05, 0.1) is 41.0 Å². The van der Waals surface area contributed by atoms with Crippen LogP contribution in [0.3, 0.4) is 0 Å². The molecule has 2 aromatic heterocycles. The molecule has 0 bridgehead atoms. The van der Waals surface area contributed by atoms with Crippen molar-refractivity contribution < 1.29 is 17.9 Å². The van der Waals surface area contributed by atoms with Crippen molar-refractivity contribution in [3.05, 3.63) is 24.0 Å². The molecule has 0 unspecified atom stereocenters. The first-order valence-corrected chi connectivity index (χ1v) is 13.3. The Morgan fingerprint density at radius 1 is 1.26 bits per heavy atom. The van der Waals surface area contributed by atoms with Crippen LogP contribution in [0.5, 0.6) is 5.19 Å². The Kier molecular flexibility index (Phi) is 6.82. The van der Waals surface area contributed by atoms with E-state index in [0.717, 1.165) is 22.2 Å². The second kappa shape index (κ2) is 9.41. The van der Waals surface area contributed by atoms with Gasteiger partial charge in [-0.25, -0.2) is 13.4 Å². The number of thioether (sulfide) groups is 1. The second-order valence-electron chi connectivity index (χ2n) is 7.23. The summed E-state index contributed by atoms with van der Waals surface area (Å²) in [6.45, 7) is 8.27. The summed E-state index contributed by atoms with van der Waals surface area (Å²) in [4.78, 5) is 5.00. The fraction of sp³-hybridized carbons (Fsp3) is 0.526. The lowest BCUT2D eigenvalue weighted by molar-refractivity contribution is 0.0730. The summed E-state index contributed by atoms with van der Waals surface area (Å²) in [5, 5.41) is 8.78. The molecule has 9 nitrogen and oxygen atoms in total. The van der Waals surface area contributed by atoms with Gasteiger partial charge in [0.1, 0.15) is 5.82 Å². The molecule has 1 aliphatic heterocycles. The van der Waals surface area contributed by atoms with Gasteiger partial charge in [-0.15, -0.1) is 5.10 Å². The van der Waals surface area contributed by atoms with Gasteiger partial charge in [-0.2, -0.15) is 4.31 Å². The molecule has 4 rings (SSSR count). The van der Waals surface area contributed by atoms with Crippen molar-refractivity contribution in [2.45, 2.75) is 48.4 Å². The number of hydrogen-bond donors (Lipinski definition) is 0. The molecule has 168 valence electrons. The van der Waals surface area contributed by atoms with Crippen molar-refractivity contribution in [3.8, 4) is 5.19 Å². The highest BCUT2D eigenvalue weighted by Crippen LogP contribution is 2.31. The van der Waals surface area contributed by atoms with Crippen LogP contribution in [-0.4, -0.2) is 64.9 Å². The maximum atomic E-state index is 13.0. The first kappa shape index (κ1) is 22.5. The van der Waals surface area contributed by atoms with Gasteiger partial charge in [0.2, 0.25) is 10.0 Å². The fourth-order valence-electron chi connectivity index (χ4n) is 3.35. The SMILES string of the molecule is CCn1c(CSc2nnc(OC(C)C)s2)nc2cc(S(=O)(=O)N3CCOCC3)ccc21. The van der Waals surface area contributed by atoms with Crippen LogP contribution >= 0.6 is 23.1 Å². The molecule has 3 aromatic rings. The Morgan fingerprint density at radius 3 is 2.74 bits per heavy atom. The second-order valence-corrected chi connectivity index (χ2v) is 11.3. The van der Waals surface area contributed by atoms with Gasteiger partial charge in [-0.1, -0.05) is 16.9 Å². The van der Waals surface area contributed by atoms with Gasteiger partial charge in [0.15, 0.2) is 4.34 Å². The largest absolute Gasteiger partial charge is 0.466 e. The van der Waals surface area contributed by atoms with Crippen LogP contribution in [0.25, 0.3) is 11.0 Å². The van der Waals surface area contributed by atoms with Crippen LogP contribution in [0.4, 0.5) is 0 Å². The summed E-state index contributed by atoms with van der Waals surface area (Å²) in [6, 6.07) is 5.17. The summed E-state index contributed by atoms with van der Waals surface area (Å²) >= 11 is 2.95. The summed E-state index contributed by atoms with van der Waals surface area (Å²) in [6.07, 6.45) is 0.0537. The number of aromatic nitrogens is 4. The number of sulfonamides is 1. The zero-order chi connectivity index (χ0) is 22.0. The lowest BCUT2D eigenvalue weighted by Crippen LogP contribution is -2.40.